The van der Waals surface area contributed by atoms with Crippen molar-refractivity contribution in [3.63, 3.8) is 0 Å². The van der Waals surface area contributed by atoms with Crippen LogP contribution in [0.25, 0.3) is 0 Å². The van der Waals surface area contributed by atoms with Crippen molar-refractivity contribution in [1.29, 1.82) is 0 Å². The Hall–Kier alpha value is -1.75. The number of amides is 2. The van der Waals surface area contributed by atoms with Crippen molar-refractivity contribution in [2.24, 2.45) is 0 Å². The lowest BCUT2D eigenvalue weighted by atomic mass is 9.95. The Labute approximate surface area is 141 Å². The molecule has 1 aliphatic carbocycles. The maximum Gasteiger partial charge on any atom is 0.240 e. The predicted molar refractivity (Wildman–Crippen MR) is 91.0 cm³/mol. The van der Waals surface area contributed by atoms with E-state index in [0.717, 1.165) is 25.7 Å². The van der Waals surface area contributed by atoms with Crippen LogP contribution in [0.2, 0.25) is 5.02 Å². The van der Waals surface area contributed by atoms with Crippen molar-refractivity contribution in [2.45, 2.75) is 45.1 Å². The zero-order valence-electron chi connectivity index (χ0n) is 13.6. The van der Waals surface area contributed by atoms with Crippen LogP contribution in [0.1, 0.15) is 39.0 Å². The highest BCUT2D eigenvalue weighted by Crippen LogP contribution is 2.29. The van der Waals surface area contributed by atoms with Gasteiger partial charge in [0.2, 0.25) is 11.8 Å². The van der Waals surface area contributed by atoms with E-state index in [0.29, 0.717) is 16.5 Å². The summed E-state index contributed by atoms with van der Waals surface area (Å²) in [5.74, 6) is 0.189. The lowest BCUT2D eigenvalue weighted by molar-refractivity contribution is -0.123. The lowest BCUT2D eigenvalue weighted by Gasteiger charge is -2.26. The number of anilines is 1. The van der Waals surface area contributed by atoms with Crippen molar-refractivity contribution in [2.75, 3.05) is 18.6 Å². The molecule has 1 fully saturated rings. The summed E-state index contributed by atoms with van der Waals surface area (Å²) in [5, 5.41) is 3.43. The maximum atomic E-state index is 12.2. The molecule has 0 bridgehead atoms. The quantitative estimate of drug-likeness (QED) is 0.897. The van der Waals surface area contributed by atoms with Gasteiger partial charge in [0.25, 0.3) is 0 Å². The SMILES string of the molecule is COc1ccc(N(CC(=O)NC2CCCCC2)C(C)=O)cc1Cl. The Balaban J connectivity index is 2.04. The summed E-state index contributed by atoms with van der Waals surface area (Å²) >= 11 is 6.11. The van der Waals surface area contributed by atoms with Gasteiger partial charge in [0.15, 0.2) is 0 Å². The summed E-state index contributed by atoms with van der Waals surface area (Å²) in [6.07, 6.45) is 5.56. The molecule has 2 rings (SSSR count). The van der Waals surface area contributed by atoms with Gasteiger partial charge < -0.3 is 15.0 Å². The van der Waals surface area contributed by atoms with E-state index in [9.17, 15) is 9.59 Å². The zero-order valence-corrected chi connectivity index (χ0v) is 14.4. The third-order valence-electron chi connectivity index (χ3n) is 4.10. The molecule has 1 saturated carbocycles. The molecule has 5 nitrogen and oxygen atoms in total. The van der Waals surface area contributed by atoms with E-state index >= 15 is 0 Å². The van der Waals surface area contributed by atoms with Gasteiger partial charge in [-0.15, -0.1) is 0 Å². The number of nitrogens with zero attached hydrogens (tertiary/aromatic N) is 1. The van der Waals surface area contributed by atoms with Crippen LogP contribution in [-0.4, -0.2) is 31.5 Å². The molecule has 2 amide bonds. The second kappa shape index (κ2) is 8.20. The average molecular weight is 339 g/mol. The minimum atomic E-state index is -0.204. The lowest BCUT2D eigenvalue weighted by Crippen LogP contribution is -2.44. The third-order valence-corrected chi connectivity index (χ3v) is 4.39. The highest BCUT2D eigenvalue weighted by atomic mass is 35.5. The first kappa shape index (κ1) is 17.6. The van der Waals surface area contributed by atoms with Gasteiger partial charge in [-0.25, -0.2) is 0 Å². The van der Waals surface area contributed by atoms with Gasteiger partial charge in [0.05, 0.1) is 12.1 Å². The van der Waals surface area contributed by atoms with Crippen molar-refractivity contribution in [3.8, 4) is 5.75 Å². The number of hydrogen-bond acceptors (Lipinski definition) is 3. The second-order valence-corrected chi connectivity index (χ2v) is 6.23. The summed E-state index contributed by atoms with van der Waals surface area (Å²) in [6, 6.07) is 5.27. The van der Waals surface area contributed by atoms with Gasteiger partial charge in [0.1, 0.15) is 12.3 Å². The van der Waals surface area contributed by atoms with Crippen LogP contribution in [0.5, 0.6) is 5.75 Å². The molecule has 0 unspecified atom stereocenters. The number of carbonyl (C=O) groups is 2. The molecule has 0 radical (unpaired) electrons. The Morgan fingerprint density at radius 1 is 1.30 bits per heavy atom. The van der Waals surface area contributed by atoms with Gasteiger partial charge in [-0.1, -0.05) is 30.9 Å². The Morgan fingerprint density at radius 2 is 2.00 bits per heavy atom. The molecule has 0 aromatic heterocycles. The van der Waals surface area contributed by atoms with E-state index in [1.54, 1.807) is 18.2 Å². The molecule has 6 heteroatoms. The predicted octanol–water partition coefficient (Wildman–Crippen LogP) is 3.15. The van der Waals surface area contributed by atoms with E-state index in [2.05, 4.69) is 5.32 Å². The van der Waals surface area contributed by atoms with Crippen LogP contribution < -0.4 is 15.0 Å². The van der Waals surface area contributed by atoms with Crippen LogP contribution in [0, 0.1) is 0 Å². The van der Waals surface area contributed by atoms with Crippen LogP contribution in [-0.2, 0) is 9.59 Å². The maximum absolute atomic E-state index is 12.2. The molecule has 0 atom stereocenters. The fourth-order valence-corrected chi connectivity index (χ4v) is 3.12. The fraction of sp³-hybridized carbons (Fsp3) is 0.529. The number of benzene rings is 1. The fourth-order valence-electron chi connectivity index (χ4n) is 2.87. The molecule has 0 aliphatic heterocycles. The summed E-state index contributed by atoms with van der Waals surface area (Å²) in [5.41, 5.74) is 0.585. The number of hydrogen-bond donors (Lipinski definition) is 1. The van der Waals surface area contributed by atoms with E-state index < -0.39 is 0 Å². The normalized spacial score (nSPS) is 15.1. The molecule has 0 heterocycles. The standard InChI is InChI=1S/C17H23ClN2O3/c1-12(21)20(14-8-9-16(23-2)15(18)10-14)11-17(22)19-13-6-4-3-5-7-13/h8-10,13H,3-7,11H2,1-2H3,(H,19,22). The van der Waals surface area contributed by atoms with E-state index in [1.807, 2.05) is 0 Å². The molecule has 0 saturated heterocycles. The highest BCUT2D eigenvalue weighted by molar-refractivity contribution is 6.32. The van der Waals surface area contributed by atoms with E-state index in [4.69, 9.17) is 16.3 Å². The smallest absolute Gasteiger partial charge is 0.240 e. The highest BCUT2D eigenvalue weighted by Gasteiger charge is 2.20. The summed E-state index contributed by atoms with van der Waals surface area (Å²) in [4.78, 5) is 25.6. The number of halogens is 1. The van der Waals surface area contributed by atoms with Gasteiger partial charge in [0, 0.05) is 18.7 Å². The summed E-state index contributed by atoms with van der Waals surface area (Å²) in [6.45, 7) is 1.43. The molecule has 1 aliphatic rings. The molecule has 1 aromatic carbocycles. The van der Waals surface area contributed by atoms with Crippen molar-refractivity contribution >= 4 is 29.1 Å². The Kier molecular flexibility index (Phi) is 6.28. The molecular formula is C17H23ClN2O3. The van der Waals surface area contributed by atoms with Gasteiger partial charge in [-0.05, 0) is 31.0 Å². The van der Waals surface area contributed by atoms with Crippen LogP contribution in [0.15, 0.2) is 18.2 Å². The molecular weight excluding hydrogens is 316 g/mol. The second-order valence-electron chi connectivity index (χ2n) is 5.83. The van der Waals surface area contributed by atoms with Gasteiger partial charge in [-0.3, -0.25) is 9.59 Å². The Morgan fingerprint density at radius 3 is 2.57 bits per heavy atom. The number of rotatable bonds is 5. The number of carbonyl (C=O) groups excluding carboxylic acids is 2. The van der Waals surface area contributed by atoms with Crippen LogP contribution in [0.3, 0.4) is 0 Å². The first-order valence-corrected chi connectivity index (χ1v) is 8.30. The van der Waals surface area contributed by atoms with Crippen molar-refractivity contribution < 1.29 is 14.3 Å². The molecule has 1 aromatic rings. The average Bonchev–Trinajstić information content (AvgIpc) is 2.53. The molecule has 0 spiro atoms. The number of nitrogens with one attached hydrogen (secondary N) is 1. The molecule has 1 N–H and O–H groups in total. The minimum absolute atomic E-state index is 0.00547. The van der Waals surface area contributed by atoms with Crippen LogP contribution in [0.4, 0.5) is 5.69 Å². The number of methoxy groups -OCH3 is 1. The van der Waals surface area contributed by atoms with Gasteiger partial charge >= 0.3 is 0 Å². The summed E-state index contributed by atoms with van der Waals surface area (Å²) in [7, 11) is 1.53. The minimum Gasteiger partial charge on any atom is -0.495 e. The van der Waals surface area contributed by atoms with Crippen molar-refractivity contribution in [3.05, 3.63) is 23.2 Å². The van der Waals surface area contributed by atoms with E-state index in [1.165, 1.54) is 25.4 Å². The molecule has 23 heavy (non-hydrogen) atoms. The topological polar surface area (TPSA) is 58.6 Å². The number of ether oxygens (including phenoxy) is 1. The molecule has 126 valence electrons. The van der Waals surface area contributed by atoms with Gasteiger partial charge in [-0.2, -0.15) is 0 Å². The summed E-state index contributed by atoms with van der Waals surface area (Å²) < 4.78 is 5.11. The largest absolute Gasteiger partial charge is 0.495 e. The first-order valence-electron chi connectivity index (χ1n) is 7.92. The van der Waals surface area contributed by atoms with Crippen molar-refractivity contribution in [1.82, 2.24) is 5.32 Å². The third kappa shape index (κ3) is 4.86. The van der Waals surface area contributed by atoms with Crippen LogP contribution >= 0.6 is 11.6 Å². The Bertz CT molecular complexity index is 571. The van der Waals surface area contributed by atoms with E-state index in [-0.39, 0.29) is 24.4 Å². The first-order chi connectivity index (χ1) is 11.0. The zero-order chi connectivity index (χ0) is 16.8. The monoisotopic (exact) mass is 338 g/mol.